The predicted octanol–water partition coefficient (Wildman–Crippen LogP) is 3.02. The first-order chi connectivity index (χ1) is 8.86. The molecule has 0 bridgehead atoms. The van der Waals surface area contributed by atoms with Gasteiger partial charge in [-0.25, -0.2) is 0 Å². The molecule has 19 heavy (non-hydrogen) atoms. The Morgan fingerprint density at radius 1 is 1.32 bits per heavy atom. The van der Waals surface area contributed by atoms with E-state index in [0.717, 1.165) is 17.7 Å². The summed E-state index contributed by atoms with van der Waals surface area (Å²) < 4.78 is 44.0. The molecule has 2 aliphatic rings. The van der Waals surface area contributed by atoms with E-state index in [1.807, 2.05) is 14.0 Å². The van der Waals surface area contributed by atoms with Crippen molar-refractivity contribution in [3.8, 4) is 0 Å². The van der Waals surface area contributed by atoms with E-state index < -0.39 is 11.7 Å². The van der Waals surface area contributed by atoms with Gasteiger partial charge in [0.05, 0.1) is 23.8 Å². The maximum absolute atomic E-state index is 12.7. The highest BCUT2D eigenvalue weighted by molar-refractivity contribution is 5.41. The smallest absolute Gasteiger partial charge is 0.372 e. The number of rotatable bonds is 0. The molecule has 0 amide bonds. The van der Waals surface area contributed by atoms with Crippen LogP contribution in [-0.2, 0) is 17.3 Å². The highest BCUT2D eigenvalue weighted by atomic mass is 19.4. The van der Waals surface area contributed by atoms with Gasteiger partial charge in [0.2, 0.25) is 0 Å². The minimum Gasteiger partial charge on any atom is -0.372 e. The topological polar surface area (TPSA) is 12.5 Å². The third-order valence-corrected chi connectivity index (χ3v) is 3.99. The van der Waals surface area contributed by atoms with Crippen LogP contribution < -0.4 is 0 Å². The van der Waals surface area contributed by atoms with Gasteiger partial charge in [-0.05, 0) is 37.2 Å². The Labute approximate surface area is 110 Å². The molecule has 3 rings (SSSR count). The fourth-order valence-electron chi connectivity index (χ4n) is 3.28. The Hall–Kier alpha value is -1.07. The molecule has 104 valence electrons. The number of likely N-dealkylation sites (N-methyl/N-ethyl adjacent to an activating group) is 1. The fraction of sp³-hybridized carbons (Fsp3) is 0.571. The molecule has 0 spiro atoms. The van der Waals surface area contributed by atoms with Crippen molar-refractivity contribution < 1.29 is 17.9 Å². The normalized spacial score (nSPS) is 31.1. The van der Waals surface area contributed by atoms with E-state index in [1.165, 1.54) is 12.1 Å². The minimum atomic E-state index is -4.27. The molecule has 5 heteroatoms. The predicted molar refractivity (Wildman–Crippen MR) is 64.9 cm³/mol. The number of hydrogen-bond donors (Lipinski definition) is 0. The van der Waals surface area contributed by atoms with Crippen molar-refractivity contribution in [3.63, 3.8) is 0 Å². The molecule has 1 aromatic rings. The van der Waals surface area contributed by atoms with Gasteiger partial charge in [-0.15, -0.1) is 0 Å². The summed E-state index contributed by atoms with van der Waals surface area (Å²) in [4.78, 5) is 2.18. The molecule has 1 aromatic carbocycles. The Morgan fingerprint density at radius 3 is 2.74 bits per heavy atom. The van der Waals surface area contributed by atoms with Crippen molar-refractivity contribution in [2.45, 2.75) is 37.8 Å². The van der Waals surface area contributed by atoms with Gasteiger partial charge in [0.25, 0.3) is 0 Å². The summed E-state index contributed by atoms with van der Waals surface area (Å²) in [6, 6.07) is 4.15. The lowest BCUT2D eigenvalue weighted by atomic mass is 10.0. The van der Waals surface area contributed by atoms with Crippen molar-refractivity contribution in [1.29, 1.82) is 0 Å². The molecule has 3 unspecified atom stereocenters. The van der Waals surface area contributed by atoms with Gasteiger partial charge in [-0.2, -0.15) is 13.2 Å². The molecule has 2 nitrogen and oxygen atoms in total. The number of benzene rings is 1. The van der Waals surface area contributed by atoms with Crippen LogP contribution in [0.5, 0.6) is 0 Å². The maximum Gasteiger partial charge on any atom is 0.416 e. The van der Waals surface area contributed by atoms with Crippen LogP contribution in [0.1, 0.15) is 29.7 Å². The zero-order chi connectivity index (χ0) is 13.8. The maximum atomic E-state index is 12.7. The molecule has 0 aromatic heterocycles. The SMILES string of the molecule is CC1CN(C)C2c3ccc(C(F)(F)F)cc3CC2O1. The number of hydrogen-bond acceptors (Lipinski definition) is 2. The number of nitrogens with zero attached hydrogens (tertiary/aromatic N) is 1. The second kappa shape index (κ2) is 4.21. The fourth-order valence-corrected chi connectivity index (χ4v) is 3.28. The third kappa shape index (κ3) is 2.15. The summed E-state index contributed by atoms with van der Waals surface area (Å²) in [5.41, 5.74) is 1.18. The molecule has 1 fully saturated rings. The zero-order valence-electron chi connectivity index (χ0n) is 10.9. The minimum absolute atomic E-state index is 0.0211. The van der Waals surface area contributed by atoms with Gasteiger partial charge >= 0.3 is 6.18 Å². The number of morpholine rings is 1. The lowest BCUT2D eigenvalue weighted by Crippen LogP contribution is -2.45. The Kier molecular flexibility index (Phi) is 2.87. The van der Waals surface area contributed by atoms with E-state index in [-0.39, 0.29) is 18.2 Å². The van der Waals surface area contributed by atoms with Crippen LogP contribution in [0.4, 0.5) is 13.2 Å². The lowest BCUT2D eigenvalue weighted by Gasteiger charge is -2.39. The van der Waals surface area contributed by atoms with Gasteiger partial charge in [0, 0.05) is 13.0 Å². The first kappa shape index (κ1) is 12.9. The van der Waals surface area contributed by atoms with Crippen molar-refractivity contribution in [3.05, 3.63) is 34.9 Å². The summed E-state index contributed by atoms with van der Waals surface area (Å²) in [5, 5.41) is 0. The standard InChI is InChI=1S/C14H16F3NO/c1-8-7-18(2)13-11-4-3-10(14(15,16)17)5-9(11)6-12(13)19-8/h3-5,8,12-13H,6-7H2,1-2H3. The molecule has 1 aliphatic carbocycles. The second-order valence-electron chi connectivity index (χ2n) is 5.49. The van der Waals surface area contributed by atoms with E-state index in [9.17, 15) is 13.2 Å². The average Bonchev–Trinajstić information content (AvgIpc) is 2.64. The van der Waals surface area contributed by atoms with Crippen molar-refractivity contribution >= 4 is 0 Å². The largest absolute Gasteiger partial charge is 0.416 e. The van der Waals surface area contributed by atoms with E-state index in [0.29, 0.717) is 6.42 Å². The number of halogens is 3. The number of fused-ring (bicyclic) bond motifs is 3. The van der Waals surface area contributed by atoms with E-state index in [1.54, 1.807) is 6.07 Å². The zero-order valence-corrected chi connectivity index (χ0v) is 10.9. The van der Waals surface area contributed by atoms with Gasteiger partial charge in [-0.1, -0.05) is 6.07 Å². The van der Waals surface area contributed by atoms with E-state index in [2.05, 4.69) is 4.90 Å². The quantitative estimate of drug-likeness (QED) is 0.719. The number of ether oxygens (including phenoxy) is 1. The van der Waals surface area contributed by atoms with Crippen LogP contribution >= 0.6 is 0 Å². The average molecular weight is 271 g/mol. The van der Waals surface area contributed by atoms with Gasteiger partial charge in [0.15, 0.2) is 0 Å². The first-order valence-corrected chi connectivity index (χ1v) is 6.42. The summed E-state index contributed by atoms with van der Waals surface area (Å²) in [6.45, 7) is 2.80. The van der Waals surface area contributed by atoms with Crippen LogP contribution in [0, 0.1) is 0 Å². The molecule has 1 heterocycles. The Bertz CT molecular complexity index is 500. The highest BCUT2D eigenvalue weighted by Crippen LogP contribution is 2.42. The molecular formula is C14H16F3NO. The van der Waals surface area contributed by atoms with Crippen LogP contribution in [0.2, 0.25) is 0 Å². The molecule has 0 N–H and O–H groups in total. The second-order valence-corrected chi connectivity index (χ2v) is 5.49. The van der Waals surface area contributed by atoms with Gasteiger partial charge in [0.1, 0.15) is 0 Å². The molecule has 1 aliphatic heterocycles. The summed E-state index contributed by atoms with van der Waals surface area (Å²) in [7, 11) is 2.00. The highest BCUT2D eigenvalue weighted by Gasteiger charge is 2.42. The van der Waals surface area contributed by atoms with Crippen molar-refractivity contribution in [1.82, 2.24) is 4.90 Å². The molecule has 3 atom stereocenters. The van der Waals surface area contributed by atoms with Crippen molar-refractivity contribution in [2.24, 2.45) is 0 Å². The Morgan fingerprint density at radius 2 is 2.05 bits per heavy atom. The van der Waals surface area contributed by atoms with Gasteiger partial charge < -0.3 is 4.74 Å². The first-order valence-electron chi connectivity index (χ1n) is 6.42. The summed E-state index contributed by atoms with van der Waals surface area (Å²) in [6.07, 6.45) is -3.60. The van der Waals surface area contributed by atoms with Crippen LogP contribution in [0.15, 0.2) is 18.2 Å². The van der Waals surface area contributed by atoms with E-state index in [4.69, 9.17) is 4.74 Å². The lowest BCUT2D eigenvalue weighted by molar-refractivity contribution is -0.137. The van der Waals surface area contributed by atoms with Crippen LogP contribution in [0.3, 0.4) is 0 Å². The van der Waals surface area contributed by atoms with Crippen molar-refractivity contribution in [2.75, 3.05) is 13.6 Å². The monoisotopic (exact) mass is 271 g/mol. The van der Waals surface area contributed by atoms with E-state index >= 15 is 0 Å². The van der Waals surface area contributed by atoms with Crippen LogP contribution in [-0.4, -0.2) is 30.7 Å². The van der Waals surface area contributed by atoms with Crippen LogP contribution in [0.25, 0.3) is 0 Å². The summed E-state index contributed by atoms with van der Waals surface area (Å²) >= 11 is 0. The summed E-state index contributed by atoms with van der Waals surface area (Å²) in [5.74, 6) is 0. The Balaban J connectivity index is 1.97. The molecular weight excluding hydrogens is 255 g/mol. The molecule has 0 radical (unpaired) electrons. The molecule has 0 saturated carbocycles. The molecule has 1 saturated heterocycles. The number of alkyl halides is 3. The van der Waals surface area contributed by atoms with Gasteiger partial charge in [-0.3, -0.25) is 4.90 Å². The third-order valence-electron chi connectivity index (χ3n) is 3.99.